The molecule has 0 radical (unpaired) electrons. The summed E-state index contributed by atoms with van der Waals surface area (Å²) in [5.74, 6) is 0. The molecule has 0 atom stereocenters. The molecular weight excluding hydrogens is 260 g/mol. The highest BCUT2D eigenvalue weighted by Gasteiger charge is 2.27. The van der Waals surface area contributed by atoms with Gasteiger partial charge in [-0.05, 0) is 64.8 Å². The van der Waals surface area contributed by atoms with Gasteiger partial charge in [-0.25, -0.2) is 0 Å². The molecule has 2 rings (SSSR count). The van der Waals surface area contributed by atoms with E-state index in [1.165, 1.54) is 16.8 Å². The van der Waals surface area contributed by atoms with E-state index in [1.807, 2.05) is 0 Å². The van der Waals surface area contributed by atoms with Gasteiger partial charge in [0.05, 0.1) is 12.2 Å². The Morgan fingerprint density at radius 3 is 2.57 bits per heavy atom. The molecule has 0 unspecified atom stereocenters. The minimum Gasteiger partial charge on any atom is -0.372 e. The normalized spacial score (nSPS) is 18.9. The molecule has 1 aromatic rings. The summed E-state index contributed by atoms with van der Waals surface area (Å²) in [5, 5.41) is 3.56. The third-order valence-corrected chi connectivity index (χ3v) is 3.93. The second kappa shape index (κ2) is 5.98. The number of rotatable bonds is 3. The van der Waals surface area contributed by atoms with E-state index in [2.05, 4.69) is 70.0 Å². The Labute approximate surface area is 129 Å². The summed E-state index contributed by atoms with van der Waals surface area (Å²) in [6.07, 6.45) is 0. The summed E-state index contributed by atoms with van der Waals surface area (Å²) in [5.41, 5.74) is 4.14. The lowest BCUT2D eigenvalue weighted by Crippen LogP contribution is -2.48. The van der Waals surface area contributed by atoms with Crippen LogP contribution in [0.2, 0.25) is 0 Å². The van der Waals surface area contributed by atoms with Crippen LogP contribution >= 0.6 is 0 Å². The summed E-state index contributed by atoms with van der Waals surface area (Å²) >= 11 is 0. The third-order valence-electron chi connectivity index (χ3n) is 3.93. The molecule has 0 aromatic heterocycles. The number of nitrogens with one attached hydrogen (secondary N) is 1. The van der Waals surface area contributed by atoms with Gasteiger partial charge in [-0.2, -0.15) is 0 Å². The number of morpholine rings is 1. The average Bonchev–Trinajstić information content (AvgIpc) is 2.35. The van der Waals surface area contributed by atoms with E-state index in [0.29, 0.717) is 0 Å². The molecule has 3 nitrogen and oxygen atoms in total. The number of benzene rings is 1. The lowest BCUT2D eigenvalue weighted by molar-refractivity contribution is -0.0276. The highest BCUT2D eigenvalue weighted by Crippen LogP contribution is 2.25. The van der Waals surface area contributed by atoms with E-state index in [1.54, 1.807) is 0 Å². The Morgan fingerprint density at radius 2 is 2.00 bits per heavy atom. The van der Waals surface area contributed by atoms with Crippen molar-refractivity contribution in [2.24, 2.45) is 0 Å². The monoisotopic (exact) mass is 290 g/mol. The third kappa shape index (κ3) is 4.72. The number of hydrogen-bond acceptors (Lipinski definition) is 3. The Kier molecular flexibility index (Phi) is 4.64. The van der Waals surface area contributed by atoms with E-state index in [0.717, 1.165) is 26.2 Å². The number of ether oxygens (including phenoxy) is 1. The predicted octanol–water partition coefficient (Wildman–Crippen LogP) is 3.50. The van der Waals surface area contributed by atoms with Crippen molar-refractivity contribution >= 4 is 5.69 Å². The molecule has 1 N–H and O–H groups in total. The van der Waals surface area contributed by atoms with Crippen LogP contribution in [0.5, 0.6) is 0 Å². The van der Waals surface area contributed by atoms with Crippen molar-refractivity contribution in [1.82, 2.24) is 5.32 Å². The SMILES string of the molecule is Cc1cc(N2CCOC(C)(C)C2)ccc1CNC(C)(C)C. The number of hydrogen-bond donors (Lipinski definition) is 1. The van der Waals surface area contributed by atoms with Gasteiger partial charge in [0, 0.05) is 30.9 Å². The molecule has 1 heterocycles. The first-order chi connectivity index (χ1) is 9.66. The molecule has 3 heteroatoms. The highest BCUT2D eigenvalue weighted by atomic mass is 16.5. The molecule has 21 heavy (non-hydrogen) atoms. The average molecular weight is 290 g/mol. The summed E-state index contributed by atoms with van der Waals surface area (Å²) in [6, 6.07) is 6.81. The summed E-state index contributed by atoms with van der Waals surface area (Å²) in [7, 11) is 0. The van der Waals surface area contributed by atoms with Crippen LogP contribution in [0.3, 0.4) is 0 Å². The maximum atomic E-state index is 5.80. The van der Waals surface area contributed by atoms with Crippen molar-refractivity contribution in [1.29, 1.82) is 0 Å². The van der Waals surface area contributed by atoms with Gasteiger partial charge in [0.2, 0.25) is 0 Å². The fourth-order valence-corrected chi connectivity index (χ4v) is 2.67. The van der Waals surface area contributed by atoms with Crippen LogP contribution < -0.4 is 10.2 Å². The van der Waals surface area contributed by atoms with Crippen LogP contribution in [-0.2, 0) is 11.3 Å². The van der Waals surface area contributed by atoms with E-state index in [4.69, 9.17) is 4.74 Å². The minimum absolute atomic E-state index is 0.0569. The van der Waals surface area contributed by atoms with Gasteiger partial charge in [0.15, 0.2) is 0 Å². The van der Waals surface area contributed by atoms with E-state index in [9.17, 15) is 0 Å². The highest BCUT2D eigenvalue weighted by molar-refractivity contribution is 5.51. The van der Waals surface area contributed by atoms with Crippen molar-refractivity contribution in [3.63, 3.8) is 0 Å². The van der Waals surface area contributed by atoms with Crippen molar-refractivity contribution < 1.29 is 4.74 Å². The molecule has 118 valence electrons. The Morgan fingerprint density at radius 1 is 1.29 bits per heavy atom. The summed E-state index contributed by atoms with van der Waals surface area (Å²) in [6.45, 7) is 16.8. The molecule has 0 amide bonds. The topological polar surface area (TPSA) is 24.5 Å². The van der Waals surface area contributed by atoms with Gasteiger partial charge in [0.1, 0.15) is 0 Å². The first-order valence-corrected chi connectivity index (χ1v) is 7.90. The van der Waals surface area contributed by atoms with Crippen LogP contribution in [-0.4, -0.2) is 30.8 Å². The maximum absolute atomic E-state index is 5.80. The van der Waals surface area contributed by atoms with Gasteiger partial charge in [-0.3, -0.25) is 0 Å². The summed E-state index contributed by atoms with van der Waals surface area (Å²) in [4.78, 5) is 2.43. The van der Waals surface area contributed by atoms with Crippen LogP contribution in [0.15, 0.2) is 18.2 Å². The van der Waals surface area contributed by atoms with Crippen LogP contribution in [0.4, 0.5) is 5.69 Å². The van der Waals surface area contributed by atoms with Crippen molar-refractivity contribution in [3.8, 4) is 0 Å². The van der Waals surface area contributed by atoms with Gasteiger partial charge < -0.3 is 15.0 Å². The smallest absolute Gasteiger partial charge is 0.0801 e. The first kappa shape index (κ1) is 16.3. The minimum atomic E-state index is -0.0569. The predicted molar refractivity (Wildman–Crippen MR) is 90.0 cm³/mol. The van der Waals surface area contributed by atoms with Gasteiger partial charge in [0.25, 0.3) is 0 Å². The second-order valence-electron chi connectivity index (χ2n) is 7.74. The zero-order valence-electron chi connectivity index (χ0n) is 14.4. The van der Waals surface area contributed by atoms with Gasteiger partial charge >= 0.3 is 0 Å². The van der Waals surface area contributed by atoms with E-state index in [-0.39, 0.29) is 11.1 Å². The molecular formula is C18H30N2O. The standard InChI is InChI=1S/C18H30N2O/c1-14-11-16(20-9-10-21-18(5,6)13-20)8-7-15(14)12-19-17(2,3)4/h7-8,11,19H,9-10,12-13H2,1-6H3. The van der Waals surface area contributed by atoms with Crippen molar-refractivity contribution in [2.75, 3.05) is 24.6 Å². The van der Waals surface area contributed by atoms with Crippen molar-refractivity contribution in [3.05, 3.63) is 29.3 Å². The number of nitrogens with zero attached hydrogens (tertiary/aromatic N) is 1. The molecule has 0 bridgehead atoms. The van der Waals surface area contributed by atoms with Gasteiger partial charge in [-0.15, -0.1) is 0 Å². The molecule has 1 saturated heterocycles. The molecule has 1 fully saturated rings. The fraction of sp³-hybridized carbons (Fsp3) is 0.667. The Hall–Kier alpha value is -1.06. The van der Waals surface area contributed by atoms with Crippen LogP contribution in [0.25, 0.3) is 0 Å². The number of aryl methyl sites for hydroxylation is 1. The molecule has 1 aliphatic rings. The summed E-state index contributed by atoms with van der Waals surface area (Å²) < 4.78 is 5.80. The zero-order valence-corrected chi connectivity index (χ0v) is 14.4. The Balaban J connectivity index is 2.08. The molecule has 0 saturated carbocycles. The largest absolute Gasteiger partial charge is 0.372 e. The van der Waals surface area contributed by atoms with Gasteiger partial charge in [-0.1, -0.05) is 6.07 Å². The quantitative estimate of drug-likeness (QED) is 0.922. The number of anilines is 1. The first-order valence-electron chi connectivity index (χ1n) is 7.90. The molecule has 0 aliphatic carbocycles. The molecule has 0 spiro atoms. The zero-order chi connectivity index (χ0) is 15.7. The second-order valence-corrected chi connectivity index (χ2v) is 7.74. The van der Waals surface area contributed by atoms with E-state index < -0.39 is 0 Å². The maximum Gasteiger partial charge on any atom is 0.0801 e. The van der Waals surface area contributed by atoms with E-state index >= 15 is 0 Å². The lowest BCUT2D eigenvalue weighted by atomic mass is 10.0. The molecule has 1 aliphatic heterocycles. The lowest BCUT2D eigenvalue weighted by Gasteiger charge is -2.39. The fourth-order valence-electron chi connectivity index (χ4n) is 2.67. The Bertz CT molecular complexity index is 488. The van der Waals surface area contributed by atoms with Crippen LogP contribution in [0, 0.1) is 6.92 Å². The van der Waals surface area contributed by atoms with Crippen LogP contribution in [0.1, 0.15) is 45.7 Å². The van der Waals surface area contributed by atoms with Crippen molar-refractivity contribution in [2.45, 2.75) is 59.2 Å². The molecule has 1 aromatic carbocycles.